The van der Waals surface area contributed by atoms with Crippen molar-refractivity contribution in [2.45, 2.75) is 20.3 Å². The first kappa shape index (κ1) is 14.1. The summed E-state index contributed by atoms with van der Waals surface area (Å²) in [6, 6.07) is 8.11. The molecule has 0 amide bonds. The van der Waals surface area contributed by atoms with Crippen LogP contribution in [0.5, 0.6) is 0 Å². The van der Waals surface area contributed by atoms with E-state index in [2.05, 4.69) is 29.8 Å². The summed E-state index contributed by atoms with van der Waals surface area (Å²) in [6.07, 6.45) is 4.12. The third-order valence-corrected chi connectivity index (χ3v) is 3.25. The first-order valence-corrected chi connectivity index (χ1v) is 6.87. The molecule has 0 aliphatic heterocycles. The highest BCUT2D eigenvalue weighted by Crippen LogP contribution is 2.30. The van der Waals surface area contributed by atoms with E-state index in [1.54, 1.807) is 6.20 Å². The third-order valence-electron chi connectivity index (χ3n) is 3.25. The maximum absolute atomic E-state index is 8.84. The molecule has 0 saturated heterocycles. The Labute approximate surface area is 119 Å². The highest BCUT2D eigenvalue weighted by molar-refractivity contribution is 6.00. The van der Waals surface area contributed by atoms with Crippen LogP contribution in [0.15, 0.2) is 30.6 Å². The van der Waals surface area contributed by atoms with Crippen molar-refractivity contribution < 1.29 is 0 Å². The van der Waals surface area contributed by atoms with Gasteiger partial charge in [-0.15, -0.1) is 0 Å². The second kappa shape index (κ2) is 6.25. The van der Waals surface area contributed by atoms with Gasteiger partial charge in [0.2, 0.25) is 0 Å². The Morgan fingerprint density at radius 3 is 2.80 bits per heavy atom. The molecule has 2 rings (SSSR count). The van der Waals surface area contributed by atoms with Crippen LogP contribution >= 0.6 is 0 Å². The maximum Gasteiger partial charge on any atom is 0.0640 e. The molecule has 4 heteroatoms. The minimum atomic E-state index is 0.513. The molecule has 0 atom stereocenters. The number of nitriles is 1. The molecule has 0 unspecified atom stereocenters. The van der Waals surface area contributed by atoms with Crippen molar-refractivity contribution in [2.75, 3.05) is 23.7 Å². The molecule has 0 aliphatic carbocycles. The fourth-order valence-electron chi connectivity index (χ4n) is 2.41. The SMILES string of the molecule is CC(C)CN(CCC#N)c1ccc(N)c2ccncc12. The molecule has 0 bridgehead atoms. The molecule has 0 radical (unpaired) electrons. The number of hydrogen-bond acceptors (Lipinski definition) is 4. The van der Waals surface area contributed by atoms with Gasteiger partial charge < -0.3 is 10.6 Å². The van der Waals surface area contributed by atoms with Crippen molar-refractivity contribution in [3.63, 3.8) is 0 Å². The Balaban J connectivity index is 2.47. The minimum absolute atomic E-state index is 0.513. The number of nitrogens with two attached hydrogens (primary N) is 1. The van der Waals surface area contributed by atoms with Crippen molar-refractivity contribution >= 4 is 22.1 Å². The highest BCUT2D eigenvalue weighted by atomic mass is 15.1. The second-order valence-corrected chi connectivity index (χ2v) is 5.34. The fourth-order valence-corrected chi connectivity index (χ4v) is 2.41. The summed E-state index contributed by atoms with van der Waals surface area (Å²) in [6.45, 7) is 5.99. The summed E-state index contributed by atoms with van der Waals surface area (Å²) >= 11 is 0. The van der Waals surface area contributed by atoms with E-state index in [1.165, 1.54) is 0 Å². The van der Waals surface area contributed by atoms with Crippen molar-refractivity contribution in [2.24, 2.45) is 5.92 Å². The lowest BCUT2D eigenvalue weighted by atomic mass is 10.1. The van der Waals surface area contributed by atoms with Crippen molar-refractivity contribution in [3.8, 4) is 6.07 Å². The molecule has 0 aliphatic rings. The molecule has 20 heavy (non-hydrogen) atoms. The highest BCUT2D eigenvalue weighted by Gasteiger charge is 2.13. The number of benzene rings is 1. The summed E-state index contributed by atoms with van der Waals surface area (Å²) in [5, 5.41) is 10.9. The first-order chi connectivity index (χ1) is 9.63. The normalized spacial score (nSPS) is 10.7. The molecule has 4 nitrogen and oxygen atoms in total. The van der Waals surface area contributed by atoms with Gasteiger partial charge in [-0.2, -0.15) is 5.26 Å². The molecule has 2 aromatic rings. The van der Waals surface area contributed by atoms with Gasteiger partial charge in [0, 0.05) is 47.6 Å². The van der Waals surface area contributed by atoms with Gasteiger partial charge in [0.1, 0.15) is 0 Å². The maximum atomic E-state index is 8.84. The van der Waals surface area contributed by atoms with Crippen LogP contribution < -0.4 is 10.6 Å². The number of fused-ring (bicyclic) bond motifs is 1. The lowest BCUT2D eigenvalue weighted by Gasteiger charge is -2.27. The Morgan fingerprint density at radius 1 is 1.30 bits per heavy atom. The molecule has 104 valence electrons. The summed E-state index contributed by atoms with van der Waals surface area (Å²) in [7, 11) is 0. The van der Waals surface area contributed by atoms with E-state index in [-0.39, 0.29) is 0 Å². The van der Waals surface area contributed by atoms with Crippen LogP contribution in [0.2, 0.25) is 0 Å². The second-order valence-electron chi connectivity index (χ2n) is 5.34. The van der Waals surface area contributed by atoms with E-state index in [0.717, 1.165) is 35.2 Å². The number of nitrogen functional groups attached to an aromatic ring is 1. The number of anilines is 2. The van der Waals surface area contributed by atoms with Crippen LogP contribution in [0.3, 0.4) is 0 Å². The predicted molar refractivity (Wildman–Crippen MR) is 83.4 cm³/mol. The molecule has 1 aromatic heterocycles. The van der Waals surface area contributed by atoms with E-state index in [4.69, 9.17) is 11.0 Å². The largest absolute Gasteiger partial charge is 0.398 e. The molecule has 2 N–H and O–H groups in total. The van der Waals surface area contributed by atoms with Crippen LogP contribution in [0.1, 0.15) is 20.3 Å². The van der Waals surface area contributed by atoms with Crippen LogP contribution in [0, 0.1) is 17.2 Å². The van der Waals surface area contributed by atoms with Gasteiger partial charge in [-0.3, -0.25) is 4.98 Å². The summed E-state index contributed by atoms with van der Waals surface area (Å²) in [5.74, 6) is 0.526. The smallest absolute Gasteiger partial charge is 0.0640 e. The van der Waals surface area contributed by atoms with E-state index in [1.807, 2.05) is 24.4 Å². The molecular weight excluding hydrogens is 248 g/mol. The molecule has 0 saturated carbocycles. The van der Waals surface area contributed by atoms with Gasteiger partial charge in [0.25, 0.3) is 0 Å². The standard InChI is InChI=1S/C16H20N4/c1-12(2)11-20(9-3-7-17)16-5-4-15(18)13-6-8-19-10-14(13)16/h4-6,8,10,12H,3,9,11,18H2,1-2H3. The number of aromatic nitrogens is 1. The van der Waals surface area contributed by atoms with Crippen molar-refractivity contribution in [3.05, 3.63) is 30.6 Å². The average Bonchev–Trinajstić information content (AvgIpc) is 2.44. The number of nitrogens with zero attached hydrogens (tertiary/aromatic N) is 3. The monoisotopic (exact) mass is 268 g/mol. The van der Waals surface area contributed by atoms with Crippen LogP contribution in [0.4, 0.5) is 11.4 Å². The number of hydrogen-bond donors (Lipinski definition) is 1. The molecule has 1 aromatic carbocycles. The topological polar surface area (TPSA) is 65.9 Å². The van der Waals surface area contributed by atoms with Crippen molar-refractivity contribution in [1.82, 2.24) is 4.98 Å². The lowest BCUT2D eigenvalue weighted by molar-refractivity contribution is 0.613. The van der Waals surface area contributed by atoms with Crippen LogP contribution in [-0.2, 0) is 0 Å². The predicted octanol–water partition coefficient (Wildman–Crippen LogP) is 3.19. The van der Waals surface area contributed by atoms with Crippen LogP contribution in [0.25, 0.3) is 10.8 Å². The Kier molecular flexibility index (Phi) is 4.41. The van der Waals surface area contributed by atoms with Gasteiger partial charge in [0.15, 0.2) is 0 Å². The summed E-state index contributed by atoms with van der Waals surface area (Å²) < 4.78 is 0. The van der Waals surface area contributed by atoms with Crippen LogP contribution in [-0.4, -0.2) is 18.1 Å². The quantitative estimate of drug-likeness (QED) is 0.846. The van der Waals surface area contributed by atoms with Gasteiger partial charge >= 0.3 is 0 Å². The first-order valence-electron chi connectivity index (χ1n) is 6.87. The molecule has 0 fully saturated rings. The average molecular weight is 268 g/mol. The zero-order valence-electron chi connectivity index (χ0n) is 12.0. The molecule has 0 spiro atoms. The number of rotatable bonds is 5. The van der Waals surface area contributed by atoms with Gasteiger partial charge in [-0.05, 0) is 24.1 Å². The van der Waals surface area contributed by atoms with E-state index >= 15 is 0 Å². The fraction of sp³-hybridized carbons (Fsp3) is 0.375. The van der Waals surface area contributed by atoms with Crippen molar-refractivity contribution in [1.29, 1.82) is 5.26 Å². The van der Waals surface area contributed by atoms with E-state index < -0.39 is 0 Å². The van der Waals surface area contributed by atoms with Gasteiger partial charge in [-0.25, -0.2) is 0 Å². The zero-order valence-corrected chi connectivity index (χ0v) is 12.0. The zero-order chi connectivity index (χ0) is 14.5. The lowest BCUT2D eigenvalue weighted by Crippen LogP contribution is -2.28. The number of pyridine rings is 1. The Morgan fingerprint density at radius 2 is 2.10 bits per heavy atom. The molecular formula is C16H20N4. The molecule has 1 heterocycles. The minimum Gasteiger partial charge on any atom is -0.398 e. The Bertz CT molecular complexity index is 628. The summed E-state index contributed by atoms with van der Waals surface area (Å²) in [5.41, 5.74) is 7.89. The summed E-state index contributed by atoms with van der Waals surface area (Å²) in [4.78, 5) is 6.46. The third kappa shape index (κ3) is 3.00. The van der Waals surface area contributed by atoms with Gasteiger partial charge in [-0.1, -0.05) is 13.8 Å². The van der Waals surface area contributed by atoms with Gasteiger partial charge in [0.05, 0.1) is 12.5 Å². The van der Waals surface area contributed by atoms with E-state index in [9.17, 15) is 0 Å². The Hall–Kier alpha value is -2.28. The van der Waals surface area contributed by atoms with E-state index in [0.29, 0.717) is 12.3 Å².